The lowest BCUT2D eigenvalue weighted by molar-refractivity contribution is 0.00203. The standard InChI is InChI=1S/C20H26N2O/c1-13-9-15-3-2-4-17-19(15)16(10-13)11-22(20(17)23)18-12-21-7-5-14(18)6-8-21/h2-4,13-14,16,18H,5-12H2,1H3/t13?,16-,18-/m1/s1/i2D,3D,4D,9D2,10D2,11D2,13D,16D. The second-order valence-electron chi connectivity index (χ2n) is 6.74. The molecule has 0 spiro atoms. The third-order valence-electron chi connectivity index (χ3n) is 5.37. The molecule has 1 unspecified atom stereocenters. The van der Waals surface area contributed by atoms with Crippen molar-refractivity contribution in [3.05, 3.63) is 34.8 Å². The van der Waals surface area contributed by atoms with Crippen LogP contribution in [0, 0.1) is 11.8 Å². The SMILES string of the molecule is [2H]c1c([2H])c2c3c(c1[2H])C([2H])([2H])C([2H])(C)C([2H])([2H])[C@]3([2H])C([2H])([2H])N([C@@H]1CN3CCC1CC3)C2=O. The average molecular weight is 322 g/mol. The van der Waals surface area contributed by atoms with Crippen LogP contribution in [0.3, 0.4) is 0 Å². The Morgan fingerprint density at radius 3 is 2.91 bits per heavy atom. The van der Waals surface area contributed by atoms with E-state index in [9.17, 15) is 6.17 Å². The second-order valence-corrected chi connectivity index (χ2v) is 6.74. The number of rotatable bonds is 1. The Morgan fingerprint density at radius 2 is 2.17 bits per heavy atom. The third-order valence-corrected chi connectivity index (χ3v) is 5.37. The van der Waals surface area contributed by atoms with Crippen molar-refractivity contribution in [2.45, 2.75) is 44.4 Å². The van der Waals surface area contributed by atoms with Crippen LogP contribution >= 0.6 is 0 Å². The fourth-order valence-electron chi connectivity index (χ4n) is 4.21. The van der Waals surface area contributed by atoms with E-state index < -0.39 is 77.8 Å². The summed E-state index contributed by atoms with van der Waals surface area (Å²) in [4.78, 5) is 16.8. The molecule has 0 N–H and O–H groups in total. The fourth-order valence-corrected chi connectivity index (χ4v) is 4.21. The fraction of sp³-hybridized carbons (Fsp3) is 0.650. The molecule has 1 aliphatic carbocycles. The van der Waals surface area contributed by atoms with Gasteiger partial charge in [0.25, 0.3) is 5.91 Å². The average Bonchev–Trinajstić information content (AvgIpc) is 2.75. The molecule has 3 nitrogen and oxygen atoms in total. The van der Waals surface area contributed by atoms with Crippen molar-refractivity contribution in [3.8, 4) is 0 Å². The molecule has 0 aromatic heterocycles. The number of carbonyl (C=O) groups is 1. The maximum absolute atomic E-state index is 13.9. The Balaban J connectivity index is 1.91. The summed E-state index contributed by atoms with van der Waals surface area (Å²) in [6, 6.07) is -3.02. The van der Waals surface area contributed by atoms with Gasteiger partial charge in [0.05, 0.1) is 6.85 Å². The van der Waals surface area contributed by atoms with Gasteiger partial charge in [0.2, 0.25) is 0 Å². The lowest BCUT2D eigenvalue weighted by atomic mass is 9.72. The first-order chi connectivity index (χ1) is 15.5. The van der Waals surface area contributed by atoms with Gasteiger partial charge in [-0.2, -0.15) is 0 Å². The molecule has 3 atom stereocenters. The number of amides is 1. The minimum Gasteiger partial charge on any atom is -0.333 e. The first-order valence-corrected chi connectivity index (χ1v) is 8.17. The summed E-state index contributed by atoms with van der Waals surface area (Å²) in [7, 11) is 0. The van der Waals surface area contributed by atoms with E-state index in [1.165, 1.54) is 0 Å². The van der Waals surface area contributed by atoms with Crippen molar-refractivity contribution in [1.29, 1.82) is 0 Å². The molecular formula is C20H26N2O. The highest BCUT2D eigenvalue weighted by atomic mass is 16.2. The van der Waals surface area contributed by atoms with Gasteiger partial charge in [-0.1, -0.05) is 19.0 Å². The highest BCUT2D eigenvalue weighted by Crippen LogP contribution is 2.43. The Morgan fingerprint density at radius 1 is 1.35 bits per heavy atom. The van der Waals surface area contributed by atoms with E-state index in [0.29, 0.717) is 19.4 Å². The number of hydrogen-bond acceptors (Lipinski definition) is 2. The van der Waals surface area contributed by atoms with Crippen molar-refractivity contribution >= 4 is 5.91 Å². The van der Waals surface area contributed by atoms with Crippen molar-refractivity contribution < 1.29 is 19.9 Å². The maximum Gasteiger partial charge on any atom is 0.254 e. The molecule has 0 saturated carbocycles. The summed E-state index contributed by atoms with van der Waals surface area (Å²) in [5.74, 6) is -6.82. The van der Waals surface area contributed by atoms with Gasteiger partial charge < -0.3 is 9.80 Å². The van der Waals surface area contributed by atoms with Gasteiger partial charge >= 0.3 is 0 Å². The normalized spacial score (nSPS) is 58.5. The lowest BCUT2D eigenvalue weighted by Gasteiger charge is -2.51. The van der Waals surface area contributed by atoms with Gasteiger partial charge in [-0.3, -0.25) is 4.79 Å². The monoisotopic (exact) mass is 321 g/mol. The quantitative estimate of drug-likeness (QED) is 0.794. The topological polar surface area (TPSA) is 23.6 Å². The number of piperidine rings is 3. The van der Waals surface area contributed by atoms with E-state index in [2.05, 4.69) is 4.90 Å². The molecule has 4 aliphatic heterocycles. The molecule has 2 bridgehead atoms. The van der Waals surface area contributed by atoms with Crippen LogP contribution in [-0.4, -0.2) is 47.9 Å². The molecule has 23 heavy (non-hydrogen) atoms. The molecule has 5 aliphatic rings. The van der Waals surface area contributed by atoms with Crippen molar-refractivity contribution in [1.82, 2.24) is 9.80 Å². The molecule has 3 saturated heterocycles. The Hall–Kier alpha value is -1.35. The summed E-state index contributed by atoms with van der Waals surface area (Å²) < 4.78 is 96.0. The molecule has 122 valence electrons. The van der Waals surface area contributed by atoms with Crippen LogP contribution < -0.4 is 0 Å². The van der Waals surface area contributed by atoms with Crippen molar-refractivity contribution in [2.75, 3.05) is 26.1 Å². The largest absolute Gasteiger partial charge is 0.333 e. The van der Waals surface area contributed by atoms with Crippen LogP contribution in [0.25, 0.3) is 0 Å². The van der Waals surface area contributed by atoms with Gasteiger partial charge in [0.15, 0.2) is 0 Å². The van der Waals surface area contributed by atoms with Gasteiger partial charge in [0, 0.05) is 38.8 Å². The van der Waals surface area contributed by atoms with Crippen LogP contribution in [0.15, 0.2) is 18.1 Å². The highest BCUT2D eigenvalue weighted by molar-refractivity contribution is 5.98. The molecule has 0 radical (unpaired) electrons. The van der Waals surface area contributed by atoms with E-state index in [-0.39, 0.29) is 5.92 Å². The molecule has 3 fully saturated rings. The van der Waals surface area contributed by atoms with E-state index in [1.54, 1.807) is 0 Å². The zero-order valence-electron chi connectivity index (χ0n) is 24.0. The van der Waals surface area contributed by atoms with Gasteiger partial charge in [-0.15, -0.1) is 0 Å². The molecule has 1 aromatic rings. The summed E-state index contributed by atoms with van der Waals surface area (Å²) >= 11 is 0. The number of benzene rings is 1. The lowest BCUT2D eigenvalue weighted by Crippen LogP contribution is -2.60. The minimum absolute atomic E-state index is 0.0861. The van der Waals surface area contributed by atoms with Crippen LogP contribution in [-0.2, 0) is 6.37 Å². The predicted octanol–water partition coefficient (Wildman–Crippen LogP) is 2.90. The number of nitrogens with zero attached hydrogens (tertiary/aromatic N) is 2. The highest BCUT2D eigenvalue weighted by Gasteiger charge is 2.44. The second kappa shape index (κ2) is 5.07. The smallest absolute Gasteiger partial charge is 0.254 e. The maximum atomic E-state index is 13.9. The van der Waals surface area contributed by atoms with Crippen LogP contribution in [0.1, 0.15) is 68.6 Å². The molecule has 4 heterocycles. The number of fused-ring (bicyclic) bond motifs is 3. The Labute approximate surface area is 154 Å². The van der Waals surface area contributed by atoms with E-state index in [4.69, 9.17) is 13.7 Å². The molecule has 3 heteroatoms. The first kappa shape index (κ1) is 6.87. The Bertz CT molecular complexity index is 1110. The number of hydrogen-bond donors (Lipinski definition) is 0. The summed E-state index contributed by atoms with van der Waals surface area (Å²) in [6.45, 7) is -0.191. The first-order valence-electron chi connectivity index (χ1n) is 13.7. The van der Waals surface area contributed by atoms with Crippen molar-refractivity contribution in [2.24, 2.45) is 11.8 Å². The predicted molar refractivity (Wildman–Crippen MR) is 90.7 cm³/mol. The molecule has 1 amide bonds. The van der Waals surface area contributed by atoms with Crippen LogP contribution in [0.2, 0.25) is 0 Å². The van der Waals surface area contributed by atoms with E-state index in [1.807, 2.05) is 0 Å². The molecule has 1 aromatic carbocycles. The van der Waals surface area contributed by atoms with Crippen LogP contribution in [0.5, 0.6) is 0 Å². The third kappa shape index (κ3) is 2.09. The number of carbonyl (C=O) groups excluding carboxylic acids is 1. The minimum atomic E-state index is -3.18. The summed E-state index contributed by atoms with van der Waals surface area (Å²) in [5, 5.41) is 0. The summed E-state index contributed by atoms with van der Waals surface area (Å²) in [6.07, 6.45) is -4.71. The van der Waals surface area contributed by atoms with Gasteiger partial charge in [0.1, 0.15) is 0 Å². The molecular weight excluding hydrogens is 284 g/mol. The Kier molecular flexibility index (Phi) is 1.52. The van der Waals surface area contributed by atoms with E-state index >= 15 is 0 Å². The van der Waals surface area contributed by atoms with Gasteiger partial charge in [-0.05, 0) is 67.7 Å². The zero-order valence-corrected chi connectivity index (χ0v) is 13.0. The molecule has 6 rings (SSSR count). The zero-order chi connectivity index (χ0) is 25.4. The van der Waals surface area contributed by atoms with Gasteiger partial charge in [-0.25, -0.2) is 0 Å². The van der Waals surface area contributed by atoms with Crippen LogP contribution in [0.4, 0.5) is 0 Å². The van der Waals surface area contributed by atoms with E-state index in [0.717, 1.165) is 24.9 Å². The van der Waals surface area contributed by atoms with Crippen molar-refractivity contribution in [3.63, 3.8) is 0 Å². The summed E-state index contributed by atoms with van der Waals surface area (Å²) in [5.41, 5.74) is -2.01.